The first-order valence-electron chi connectivity index (χ1n) is 15.3. The van der Waals surface area contributed by atoms with E-state index in [2.05, 4.69) is 32.7 Å². The molecular weight excluding hydrogens is 526 g/mol. The molecule has 3 heterocycles. The lowest BCUT2D eigenvalue weighted by molar-refractivity contribution is 0.0712. The predicted octanol–water partition coefficient (Wildman–Crippen LogP) is 5.96. The van der Waals surface area contributed by atoms with Gasteiger partial charge in [-0.15, -0.1) is 0 Å². The minimum Gasteiger partial charge on any atom is -0.497 e. The molecule has 42 heavy (non-hydrogen) atoms. The molecule has 0 saturated carbocycles. The smallest absolute Gasteiger partial charge is 0.257 e. The van der Waals surface area contributed by atoms with Crippen molar-refractivity contribution in [2.75, 3.05) is 57.0 Å². The Morgan fingerprint density at radius 1 is 0.929 bits per heavy atom. The molecule has 0 radical (unpaired) electrons. The van der Waals surface area contributed by atoms with Crippen LogP contribution in [0, 0.1) is 6.92 Å². The Labute approximate surface area is 249 Å². The van der Waals surface area contributed by atoms with Crippen molar-refractivity contribution in [1.29, 1.82) is 0 Å². The summed E-state index contributed by atoms with van der Waals surface area (Å²) >= 11 is 0. The second-order valence-corrected chi connectivity index (χ2v) is 11.4. The molecule has 5 rings (SSSR count). The van der Waals surface area contributed by atoms with E-state index in [1.165, 1.54) is 37.9 Å². The molecule has 222 valence electrons. The Morgan fingerprint density at radius 3 is 2.36 bits per heavy atom. The van der Waals surface area contributed by atoms with Gasteiger partial charge >= 0.3 is 0 Å². The van der Waals surface area contributed by atoms with Gasteiger partial charge in [0.1, 0.15) is 11.6 Å². The number of piperidine rings is 2. The fraction of sp³-hybridized carbons (Fsp3) is 0.441. The van der Waals surface area contributed by atoms with Crippen molar-refractivity contribution in [3.63, 3.8) is 0 Å². The zero-order chi connectivity index (χ0) is 29.3. The lowest BCUT2D eigenvalue weighted by atomic mass is 9.89. The summed E-state index contributed by atoms with van der Waals surface area (Å²) in [7, 11) is 1.67. The number of methoxy groups -OCH3 is 1. The number of rotatable bonds is 10. The van der Waals surface area contributed by atoms with E-state index >= 15 is 0 Å². The monoisotopic (exact) mass is 569 g/mol. The maximum absolute atomic E-state index is 13.4. The summed E-state index contributed by atoms with van der Waals surface area (Å²) in [4.78, 5) is 35.3. The van der Waals surface area contributed by atoms with E-state index in [0.29, 0.717) is 35.8 Å². The molecule has 0 unspecified atom stereocenters. The molecule has 0 atom stereocenters. The Balaban J connectivity index is 1.12. The maximum atomic E-state index is 13.4. The second-order valence-electron chi connectivity index (χ2n) is 11.4. The molecule has 8 nitrogen and oxygen atoms in total. The zero-order valence-corrected chi connectivity index (χ0v) is 24.9. The average molecular weight is 570 g/mol. The van der Waals surface area contributed by atoms with E-state index in [1.54, 1.807) is 25.4 Å². The van der Waals surface area contributed by atoms with Crippen molar-refractivity contribution in [2.45, 2.75) is 51.4 Å². The van der Waals surface area contributed by atoms with Gasteiger partial charge in [-0.05, 0) is 112 Å². The number of nitrogens with zero attached hydrogens (tertiary/aromatic N) is 3. The van der Waals surface area contributed by atoms with Gasteiger partial charge in [0.05, 0.1) is 12.7 Å². The molecular formula is C34H43N5O3. The molecule has 1 aromatic heterocycles. The van der Waals surface area contributed by atoms with E-state index in [0.717, 1.165) is 49.5 Å². The average Bonchev–Trinajstić information content (AvgIpc) is 3.04. The van der Waals surface area contributed by atoms with Crippen LogP contribution in [0.15, 0.2) is 60.8 Å². The molecule has 3 aromatic rings. The summed E-state index contributed by atoms with van der Waals surface area (Å²) in [5, 5.41) is 6.34. The van der Waals surface area contributed by atoms with Crippen LogP contribution >= 0.6 is 0 Å². The fourth-order valence-corrected chi connectivity index (χ4v) is 5.89. The van der Waals surface area contributed by atoms with E-state index in [-0.39, 0.29) is 11.8 Å². The maximum Gasteiger partial charge on any atom is 0.257 e. The number of aromatic nitrogens is 1. The third kappa shape index (κ3) is 7.68. The first kappa shape index (κ1) is 29.6. The topological polar surface area (TPSA) is 86.8 Å². The minimum atomic E-state index is -0.243. The van der Waals surface area contributed by atoms with Crippen molar-refractivity contribution in [3.05, 3.63) is 83.0 Å². The summed E-state index contributed by atoms with van der Waals surface area (Å²) in [6.45, 7) is 7.72. The number of ether oxygens (including phenoxy) is 1. The highest BCUT2D eigenvalue weighted by molar-refractivity contribution is 6.05. The van der Waals surface area contributed by atoms with Crippen LogP contribution in [-0.4, -0.2) is 73.0 Å². The predicted molar refractivity (Wildman–Crippen MR) is 168 cm³/mol. The number of hydrogen-bond acceptors (Lipinski definition) is 6. The number of likely N-dealkylation sites (tertiary alicyclic amines) is 2. The first-order valence-corrected chi connectivity index (χ1v) is 15.3. The van der Waals surface area contributed by atoms with Crippen LogP contribution in [0.2, 0.25) is 0 Å². The molecule has 2 aliphatic rings. The number of amides is 2. The van der Waals surface area contributed by atoms with Crippen LogP contribution in [-0.2, 0) is 0 Å². The normalized spacial score (nSPS) is 16.2. The summed E-state index contributed by atoms with van der Waals surface area (Å²) < 4.78 is 5.27. The van der Waals surface area contributed by atoms with Crippen LogP contribution in [0.4, 0.5) is 11.5 Å². The number of aryl methyl sites for hydroxylation is 1. The van der Waals surface area contributed by atoms with E-state index < -0.39 is 0 Å². The number of carbonyl (C=O) groups excluding carboxylic acids is 2. The van der Waals surface area contributed by atoms with E-state index in [9.17, 15) is 9.59 Å². The zero-order valence-electron chi connectivity index (χ0n) is 24.9. The molecule has 2 saturated heterocycles. The van der Waals surface area contributed by atoms with Gasteiger partial charge in [-0.25, -0.2) is 4.98 Å². The highest BCUT2D eigenvalue weighted by Gasteiger charge is 2.25. The summed E-state index contributed by atoms with van der Waals surface area (Å²) in [6.07, 6.45) is 8.48. The molecule has 8 heteroatoms. The Morgan fingerprint density at radius 2 is 1.67 bits per heavy atom. The molecule has 2 N–H and O–H groups in total. The largest absolute Gasteiger partial charge is 0.497 e. The Hall–Kier alpha value is -3.91. The summed E-state index contributed by atoms with van der Waals surface area (Å²) in [6, 6.07) is 17.4. The minimum absolute atomic E-state index is 0.00365. The standard InChI is InChI=1S/C34H43N5O3/c1-25-7-8-28(34(41)39-21-15-27(16-22-39)26-9-12-30(42-2)13-10-26)23-31(25)37-33(40)29-11-14-32(36-24-29)35-17-6-20-38-18-4-3-5-19-38/h7-14,23-24,27H,3-6,15-22H2,1-2H3,(H,35,36)(H,37,40). The summed E-state index contributed by atoms with van der Waals surface area (Å²) in [5.41, 5.74) is 3.89. The molecule has 0 aliphatic carbocycles. The van der Waals surface area contributed by atoms with Crippen LogP contribution in [0.5, 0.6) is 5.75 Å². The van der Waals surface area contributed by atoms with Crippen LogP contribution in [0.1, 0.15) is 76.3 Å². The number of pyridine rings is 1. The van der Waals surface area contributed by atoms with Gasteiger partial charge in [0, 0.05) is 37.1 Å². The molecule has 2 aromatic carbocycles. The van der Waals surface area contributed by atoms with Crippen LogP contribution in [0.3, 0.4) is 0 Å². The number of hydrogen-bond donors (Lipinski definition) is 2. The number of carbonyl (C=O) groups is 2. The van der Waals surface area contributed by atoms with Gasteiger partial charge in [0.25, 0.3) is 11.8 Å². The van der Waals surface area contributed by atoms with Crippen LogP contribution < -0.4 is 15.4 Å². The van der Waals surface area contributed by atoms with Gasteiger partial charge in [-0.3, -0.25) is 9.59 Å². The number of nitrogens with one attached hydrogen (secondary N) is 2. The Bertz CT molecular complexity index is 1330. The molecule has 2 amide bonds. The van der Waals surface area contributed by atoms with Crippen LogP contribution in [0.25, 0.3) is 0 Å². The highest BCUT2D eigenvalue weighted by Crippen LogP contribution is 2.30. The lowest BCUT2D eigenvalue weighted by Crippen LogP contribution is -2.38. The highest BCUT2D eigenvalue weighted by atomic mass is 16.5. The van der Waals surface area contributed by atoms with Gasteiger partial charge in [0.2, 0.25) is 0 Å². The molecule has 0 spiro atoms. The number of anilines is 2. The Kier molecular flexibility index (Phi) is 10.1. The van der Waals surface area contributed by atoms with E-state index in [1.807, 2.05) is 42.2 Å². The fourth-order valence-electron chi connectivity index (χ4n) is 5.89. The van der Waals surface area contributed by atoms with Gasteiger partial charge < -0.3 is 25.2 Å². The SMILES string of the molecule is COc1ccc(C2CCN(C(=O)c3ccc(C)c(NC(=O)c4ccc(NCCCN5CCCCC5)nc4)c3)CC2)cc1. The first-order chi connectivity index (χ1) is 20.5. The second kappa shape index (κ2) is 14.3. The lowest BCUT2D eigenvalue weighted by Gasteiger charge is -2.32. The summed E-state index contributed by atoms with van der Waals surface area (Å²) in [5.74, 6) is 1.81. The quantitative estimate of drug-likeness (QED) is 0.293. The number of benzene rings is 2. The third-order valence-corrected chi connectivity index (χ3v) is 8.53. The van der Waals surface area contributed by atoms with Crippen molar-refractivity contribution < 1.29 is 14.3 Å². The third-order valence-electron chi connectivity index (χ3n) is 8.53. The molecule has 2 fully saturated rings. The molecule has 2 aliphatic heterocycles. The van der Waals surface area contributed by atoms with Crippen molar-refractivity contribution in [3.8, 4) is 5.75 Å². The van der Waals surface area contributed by atoms with Crippen molar-refractivity contribution >= 4 is 23.3 Å². The van der Waals surface area contributed by atoms with Gasteiger partial charge in [-0.1, -0.05) is 24.6 Å². The van der Waals surface area contributed by atoms with Gasteiger partial charge in [-0.2, -0.15) is 0 Å². The molecule has 0 bridgehead atoms. The van der Waals surface area contributed by atoms with Crippen molar-refractivity contribution in [2.24, 2.45) is 0 Å². The van der Waals surface area contributed by atoms with Gasteiger partial charge in [0.15, 0.2) is 0 Å². The van der Waals surface area contributed by atoms with Crippen molar-refractivity contribution in [1.82, 2.24) is 14.8 Å². The van der Waals surface area contributed by atoms with E-state index in [4.69, 9.17) is 4.74 Å².